The Bertz CT molecular complexity index is 1640. The summed E-state index contributed by atoms with van der Waals surface area (Å²) in [6.45, 7) is 14.8. The summed E-state index contributed by atoms with van der Waals surface area (Å²) in [5.41, 5.74) is 2.75. The third-order valence-corrected chi connectivity index (χ3v) is 10.6. The Hall–Kier alpha value is -3.87. The Labute approximate surface area is 294 Å². The van der Waals surface area contributed by atoms with E-state index in [1.807, 2.05) is 33.0 Å². The van der Waals surface area contributed by atoms with Crippen LogP contribution in [0.25, 0.3) is 0 Å². The monoisotopic (exact) mass is 687 g/mol. The second-order valence-corrected chi connectivity index (χ2v) is 14.6. The van der Waals surface area contributed by atoms with E-state index < -0.39 is 5.82 Å². The van der Waals surface area contributed by atoms with E-state index in [0.29, 0.717) is 18.1 Å². The molecule has 1 saturated carbocycles. The number of amides is 1. The van der Waals surface area contributed by atoms with E-state index >= 15 is 0 Å². The number of carbonyl (C=O) groups is 1. The van der Waals surface area contributed by atoms with Gasteiger partial charge in [0.25, 0.3) is 5.91 Å². The summed E-state index contributed by atoms with van der Waals surface area (Å²) in [7, 11) is 0. The molecule has 7 rings (SSSR count). The second kappa shape index (κ2) is 15.2. The fraction of sp³-hybridized carbons (Fsp3) is 0.579. The minimum Gasteiger partial charge on any atom is -0.490 e. The first-order valence-electron chi connectivity index (χ1n) is 18.3. The van der Waals surface area contributed by atoms with Crippen LogP contribution in [0.4, 0.5) is 10.2 Å². The molecule has 1 aliphatic carbocycles. The Morgan fingerprint density at radius 3 is 2.74 bits per heavy atom. The number of ether oxygens (including phenoxy) is 3. The molecule has 11 nitrogen and oxygen atoms in total. The van der Waals surface area contributed by atoms with E-state index in [4.69, 9.17) is 19.2 Å². The van der Waals surface area contributed by atoms with Crippen LogP contribution in [0.5, 0.6) is 17.2 Å². The minimum absolute atomic E-state index is 0.0365. The molecule has 1 amide bonds. The molecule has 0 radical (unpaired) electrons. The molecule has 0 bridgehead atoms. The zero-order chi connectivity index (χ0) is 34.7. The maximum absolute atomic E-state index is 14.3. The highest BCUT2D eigenvalue weighted by molar-refractivity contribution is 5.97. The summed E-state index contributed by atoms with van der Waals surface area (Å²) < 4.78 is 33.0. The van der Waals surface area contributed by atoms with Gasteiger partial charge in [0, 0.05) is 87.8 Å². The Morgan fingerprint density at radius 1 is 1.08 bits per heavy atom. The van der Waals surface area contributed by atoms with Crippen molar-refractivity contribution < 1.29 is 23.4 Å². The van der Waals surface area contributed by atoms with Crippen LogP contribution >= 0.6 is 0 Å². The average Bonchev–Trinajstić information content (AvgIpc) is 3.35. The number of anilines is 1. The third-order valence-electron chi connectivity index (χ3n) is 10.6. The number of carbonyl (C=O) groups excluding carboxylic acids is 1. The summed E-state index contributed by atoms with van der Waals surface area (Å²) in [6.07, 6.45) is 11.6. The first kappa shape index (κ1) is 34.6. The quantitative estimate of drug-likeness (QED) is 0.242. The van der Waals surface area contributed by atoms with Crippen molar-refractivity contribution >= 4 is 11.7 Å². The van der Waals surface area contributed by atoms with Crippen molar-refractivity contribution in [1.82, 2.24) is 29.7 Å². The zero-order valence-corrected chi connectivity index (χ0v) is 29.7. The second-order valence-electron chi connectivity index (χ2n) is 14.6. The average molecular weight is 688 g/mol. The van der Waals surface area contributed by atoms with Crippen LogP contribution in [0, 0.1) is 11.2 Å². The lowest BCUT2D eigenvalue weighted by atomic mass is 9.61. The van der Waals surface area contributed by atoms with Crippen molar-refractivity contribution in [3.63, 3.8) is 0 Å². The van der Waals surface area contributed by atoms with Crippen LogP contribution in [-0.2, 0) is 17.7 Å². The fourth-order valence-corrected chi connectivity index (χ4v) is 8.00. The molecule has 1 aromatic carbocycles. The number of benzene rings is 1. The maximum Gasteiger partial charge on any atom is 0.257 e. The molecular formula is C38H50FN7O4. The van der Waals surface area contributed by atoms with Gasteiger partial charge in [-0.15, -0.1) is 0 Å². The Morgan fingerprint density at radius 2 is 1.92 bits per heavy atom. The molecule has 0 N–H and O–H groups in total. The van der Waals surface area contributed by atoms with E-state index in [-0.39, 0.29) is 34.8 Å². The topological polar surface area (TPSA) is 96.4 Å². The van der Waals surface area contributed by atoms with Crippen LogP contribution in [0.3, 0.4) is 0 Å². The van der Waals surface area contributed by atoms with Gasteiger partial charge in [-0.3, -0.25) is 19.6 Å². The summed E-state index contributed by atoms with van der Waals surface area (Å²) in [4.78, 5) is 35.7. The third kappa shape index (κ3) is 7.57. The van der Waals surface area contributed by atoms with Gasteiger partial charge in [-0.2, -0.15) is 0 Å². The predicted molar refractivity (Wildman–Crippen MR) is 188 cm³/mol. The van der Waals surface area contributed by atoms with Gasteiger partial charge in [0.1, 0.15) is 29.7 Å². The van der Waals surface area contributed by atoms with Crippen molar-refractivity contribution in [3.05, 3.63) is 65.6 Å². The molecular weight excluding hydrogens is 637 g/mol. The van der Waals surface area contributed by atoms with E-state index in [2.05, 4.69) is 24.7 Å². The minimum atomic E-state index is -0.490. The van der Waals surface area contributed by atoms with Gasteiger partial charge in [-0.05, 0) is 83.7 Å². The lowest BCUT2D eigenvalue weighted by Crippen LogP contribution is -2.65. The molecule has 3 aliphatic heterocycles. The van der Waals surface area contributed by atoms with Gasteiger partial charge in [0.15, 0.2) is 11.6 Å². The van der Waals surface area contributed by atoms with Gasteiger partial charge < -0.3 is 24.0 Å². The van der Waals surface area contributed by atoms with Crippen molar-refractivity contribution in [3.8, 4) is 17.2 Å². The fourth-order valence-electron chi connectivity index (χ4n) is 8.00. The standard InChI is InChI=1S/C38H50FN7O4/c1-4-46(27(2)3)37(47)30-18-28(39)8-9-33(30)50-35-21-40-25-42-36(35)45-23-38(24-45)19-29(20-38)49-34-10-12-41-32-11-16-43(22-31(32)34)14-7-15-44-13-5-6-17-48-26-44/h8-10,12,18,21,25,27,29H,4-7,11,13-17,19-20,22-24,26H2,1-3H3. The Kier molecular flexibility index (Phi) is 10.5. The molecule has 3 aromatic rings. The molecule has 2 aromatic heterocycles. The molecule has 5 heterocycles. The van der Waals surface area contributed by atoms with Gasteiger partial charge in [-0.1, -0.05) is 0 Å². The van der Waals surface area contributed by atoms with Crippen LogP contribution in [0.2, 0.25) is 0 Å². The lowest BCUT2D eigenvalue weighted by Gasteiger charge is -2.59. The molecule has 50 heavy (non-hydrogen) atoms. The van der Waals surface area contributed by atoms with E-state index in [0.717, 1.165) is 103 Å². The lowest BCUT2D eigenvalue weighted by molar-refractivity contribution is -0.0352. The first-order chi connectivity index (χ1) is 24.3. The first-order valence-corrected chi connectivity index (χ1v) is 18.3. The molecule has 2 saturated heterocycles. The summed E-state index contributed by atoms with van der Waals surface area (Å²) in [6, 6.07) is 6.05. The molecule has 0 unspecified atom stereocenters. The number of fused-ring (bicyclic) bond motifs is 1. The highest BCUT2D eigenvalue weighted by atomic mass is 19.1. The number of hydrogen-bond donors (Lipinski definition) is 0. The van der Waals surface area contributed by atoms with Crippen molar-refractivity contribution in [2.24, 2.45) is 5.41 Å². The van der Waals surface area contributed by atoms with Crippen LogP contribution in [0.15, 0.2) is 43.0 Å². The van der Waals surface area contributed by atoms with Gasteiger partial charge in [0.2, 0.25) is 0 Å². The number of halogens is 1. The molecule has 3 fully saturated rings. The molecule has 12 heteroatoms. The molecule has 0 atom stereocenters. The number of pyridine rings is 1. The SMILES string of the molecule is CCN(C(=O)c1cc(F)ccc1Oc1cncnc1N1CC2(CC(Oc3ccnc4c3CN(CCCN3CCCCOC3)CC4)C2)C1)C(C)C. The van der Waals surface area contributed by atoms with E-state index in [1.165, 1.54) is 36.5 Å². The highest BCUT2D eigenvalue weighted by Gasteiger charge is 2.54. The number of nitrogens with zero attached hydrogens (tertiary/aromatic N) is 7. The maximum atomic E-state index is 14.3. The normalized spacial score (nSPS) is 19.4. The van der Waals surface area contributed by atoms with Crippen molar-refractivity contribution in [2.75, 3.05) is 64.1 Å². The van der Waals surface area contributed by atoms with Crippen LogP contribution in [-0.4, -0.2) is 107 Å². The van der Waals surface area contributed by atoms with Crippen LogP contribution < -0.4 is 14.4 Å². The summed E-state index contributed by atoms with van der Waals surface area (Å²) in [5.74, 6) is 1.60. The van der Waals surface area contributed by atoms with Gasteiger partial charge >= 0.3 is 0 Å². The van der Waals surface area contributed by atoms with Gasteiger partial charge in [-0.25, -0.2) is 14.4 Å². The smallest absolute Gasteiger partial charge is 0.257 e. The van der Waals surface area contributed by atoms with E-state index in [9.17, 15) is 9.18 Å². The van der Waals surface area contributed by atoms with Crippen molar-refractivity contribution in [2.45, 2.75) is 78.0 Å². The Balaban J connectivity index is 0.941. The van der Waals surface area contributed by atoms with Crippen LogP contribution in [0.1, 0.15) is 74.5 Å². The van der Waals surface area contributed by atoms with Gasteiger partial charge in [0.05, 0.1) is 18.5 Å². The zero-order valence-electron chi connectivity index (χ0n) is 29.7. The largest absolute Gasteiger partial charge is 0.490 e. The van der Waals surface area contributed by atoms with Crippen molar-refractivity contribution in [1.29, 1.82) is 0 Å². The summed E-state index contributed by atoms with van der Waals surface area (Å²) in [5, 5.41) is 0. The predicted octanol–water partition coefficient (Wildman–Crippen LogP) is 5.54. The highest BCUT2D eigenvalue weighted by Crippen LogP contribution is 2.52. The number of hydrogen-bond acceptors (Lipinski definition) is 10. The van der Waals surface area contributed by atoms with E-state index in [1.54, 1.807) is 11.1 Å². The number of rotatable bonds is 12. The molecule has 4 aliphatic rings. The molecule has 1 spiro atoms. The molecule has 268 valence electrons. The summed E-state index contributed by atoms with van der Waals surface area (Å²) >= 11 is 0. The number of aromatic nitrogens is 3.